The van der Waals surface area contributed by atoms with Crippen LogP contribution >= 0.6 is 0 Å². The van der Waals surface area contributed by atoms with Crippen molar-refractivity contribution < 1.29 is 10.0 Å². The van der Waals surface area contributed by atoms with E-state index < -0.39 is 10.6 Å². The van der Waals surface area contributed by atoms with E-state index in [1.807, 2.05) is 0 Å². The standard InChI is InChI=1S/C9H12N4O3/c14-9(3-1-2-4-9)12-8-10-5-7(6-11-8)13(15)16/h5-6,14H,1-4H2,(H,10,11,12). The van der Waals surface area contributed by atoms with Crippen molar-refractivity contribution >= 4 is 11.6 Å². The van der Waals surface area contributed by atoms with Gasteiger partial charge in [0, 0.05) is 0 Å². The van der Waals surface area contributed by atoms with Crippen molar-refractivity contribution in [1.29, 1.82) is 0 Å². The van der Waals surface area contributed by atoms with Gasteiger partial charge in [-0.05, 0) is 25.7 Å². The Morgan fingerprint density at radius 1 is 1.38 bits per heavy atom. The number of hydrogen-bond donors (Lipinski definition) is 2. The fourth-order valence-corrected chi connectivity index (χ4v) is 1.77. The van der Waals surface area contributed by atoms with Crippen molar-refractivity contribution in [3.05, 3.63) is 22.5 Å². The number of rotatable bonds is 3. The van der Waals surface area contributed by atoms with Crippen LogP contribution in [0.5, 0.6) is 0 Å². The first-order chi connectivity index (χ1) is 7.59. The van der Waals surface area contributed by atoms with Crippen molar-refractivity contribution in [2.24, 2.45) is 0 Å². The largest absolute Gasteiger partial charge is 0.371 e. The van der Waals surface area contributed by atoms with Crippen LogP contribution in [0.1, 0.15) is 25.7 Å². The van der Waals surface area contributed by atoms with Crippen LogP contribution in [0.4, 0.5) is 11.6 Å². The fraction of sp³-hybridized carbons (Fsp3) is 0.556. The van der Waals surface area contributed by atoms with Gasteiger partial charge in [-0.3, -0.25) is 10.1 Å². The molecule has 1 saturated carbocycles. The highest BCUT2D eigenvalue weighted by Gasteiger charge is 2.31. The van der Waals surface area contributed by atoms with Crippen LogP contribution in [0.15, 0.2) is 12.4 Å². The SMILES string of the molecule is O=[N+]([O-])c1cnc(NC2(O)CCCC2)nc1. The summed E-state index contributed by atoms with van der Waals surface area (Å²) in [5.41, 5.74) is -1.13. The monoisotopic (exact) mass is 224 g/mol. The molecule has 2 N–H and O–H groups in total. The van der Waals surface area contributed by atoms with Crippen LogP contribution in [0, 0.1) is 10.1 Å². The highest BCUT2D eigenvalue weighted by Crippen LogP contribution is 2.29. The zero-order valence-corrected chi connectivity index (χ0v) is 8.59. The molecule has 0 spiro atoms. The molecule has 16 heavy (non-hydrogen) atoms. The molecule has 0 unspecified atom stereocenters. The summed E-state index contributed by atoms with van der Waals surface area (Å²) < 4.78 is 0. The van der Waals surface area contributed by atoms with Crippen LogP contribution in [0.2, 0.25) is 0 Å². The summed E-state index contributed by atoms with van der Waals surface area (Å²) in [6, 6.07) is 0. The molecule has 1 aromatic heterocycles. The Kier molecular flexibility index (Phi) is 2.69. The molecule has 2 rings (SSSR count). The van der Waals surface area contributed by atoms with Gasteiger partial charge in [-0.2, -0.15) is 0 Å². The van der Waals surface area contributed by atoms with Crippen molar-refractivity contribution in [3.63, 3.8) is 0 Å². The van der Waals surface area contributed by atoms with Gasteiger partial charge in [0.25, 0.3) is 0 Å². The predicted octanol–water partition coefficient (Wildman–Crippen LogP) is 1.06. The second-order valence-electron chi connectivity index (χ2n) is 3.89. The van der Waals surface area contributed by atoms with E-state index in [-0.39, 0.29) is 11.6 Å². The molecule has 1 aliphatic rings. The molecule has 86 valence electrons. The van der Waals surface area contributed by atoms with Gasteiger partial charge in [-0.1, -0.05) is 0 Å². The molecule has 7 nitrogen and oxygen atoms in total. The second-order valence-corrected chi connectivity index (χ2v) is 3.89. The lowest BCUT2D eigenvalue weighted by Gasteiger charge is -2.23. The first kappa shape index (κ1) is 10.7. The molecule has 0 saturated heterocycles. The minimum absolute atomic E-state index is 0.163. The number of hydrogen-bond acceptors (Lipinski definition) is 6. The van der Waals surface area contributed by atoms with Crippen LogP contribution in [-0.2, 0) is 0 Å². The molecule has 1 heterocycles. The highest BCUT2D eigenvalue weighted by molar-refractivity contribution is 5.32. The lowest BCUT2D eigenvalue weighted by Crippen LogP contribution is -2.35. The molecule has 0 atom stereocenters. The minimum Gasteiger partial charge on any atom is -0.371 e. The van der Waals surface area contributed by atoms with E-state index in [1.165, 1.54) is 0 Å². The number of aromatic nitrogens is 2. The molecular weight excluding hydrogens is 212 g/mol. The molecule has 0 radical (unpaired) electrons. The number of nitrogens with zero attached hydrogens (tertiary/aromatic N) is 3. The average molecular weight is 224 g/mol. The number of anilines is 1. The molecule has 0 aliphatic heterocycles. The minimum atomic E-state index is -0.962. The highest BCUT2D eigenvalue weighted by atomic mass is 16.6. The van der Waals surface area contributed by atoms with Gasteiger partial charge in [0.2, 0.25) is 5.95 Å². The van der Waals surface area contributed by atoms with Crippen LogP contribution in [0.25, 0.3) is 0 Å². The molecule has 1 fully saturated rings. The van der Waals surface area contributed by atoms with E-state index in [4.69, 9.17) is 0 Å². The number of nitrogens with one attached hydrogen (secondary N) is 1. The van der Waals surface area contributed by atoms with Crippen molar-refractivity contribution in [2.45, 2.75) is 31.4 Å². The molecule has 0 amide bonds. The smallest absolute Gasteiger partial charge is 0.305 e. The Balaban J connectivity index is 2.07. The molecule has 7 heteroatoms. The topological polar surface area (TPSA) is 101 Å². The van der Waals surface area contributed by atoms with Crippen LogP contribution < -0.4 is 5.32 Å². The zero-order valence-electron chi connectivity index (χ0n) is 8.59. The van der Waals surface area contributed by atoms with Crippen LogP contribution in [-0.4, -0.2) is 25.7 Å². The number of nitro groups is 1. The van der Waals surface area contributed by atoms with E-state index in [0.29, 0.717) is 12.8 Å². The Bertz CT molecular complexity index is 386. The van der Waals surface area contributed by atoms with Gasteiger partial charge in [0.15, 0.2) is 0 Å². The van der Waals surface area contributed by atoms with E-state index in [1.54, 1.807) is 0 Å². The molecule has 0 aromatic carbocycles. The number of aliphatic hydroxyl groups is 1. The van der Waals surface area contributed by atoms with Gasteiger partial charge in [-0.15, -0.1) is 0 Å². The summed E-state index contributed by atoms with van der Waals surface area (Å²) in [6.07, 6.45) is 5.44. The summed E-state index contributed by atoms with van der Waals surface area (Å²) in [4.78, 5) is 17.4. The van der Waals surface area contributed by atoms with Crippen LogP contribution in [0.3, 0.4) is 0 Å². The van der Waals surface area contributed by atoms with E-state index in [0.717, 1.165) is 25.2 Å². The lowest BCUT2D eigenvalue weighted by atomic mass is 10.2. The fourth-order valence-electron chi connectivity index (χ4n) is 1.77. The van der Waals surface area contributed by atoms with Crippen molar-refractivity contribution in [2.75, 3.05) is 5.32 Å². The van der Waals surface area contributed by atoms with Crippen molar-refractivity contribution in [1.82, 2.24) is 9.97 Å². The summed E-state index contributed by atoms with van der Waals surface area (Å²) in [6.45, 7) is 0. The average Bonchev–Trinajstić information content (AvgIpc) is 2.65. The third kappa shape index (κ3) is 2.25. The third-order valence-corrected chi connectivity index (χ3v) is 2.62. The zero-order chi connectivity index (χ0) is 11.6. The summed E-state index contributed by atoms with van der Waals surface area (Å²) in [7, 11) is 0. The maximum absolute atomic E-state index is 10.4. The molecule has 1 aromatic rings. The maximum Gasteiger partial charge on any atom is 0.305 e. The van der Waals surface area contributed by atoms with Gasteiger partial charge in [0.05, 0.1) is 4.92 Å². The third-order valence-electron chi connectivity index (χ3n) is 2.62. The normalized spacial score (nSPS) is 18.3. The van der Waals surface area contributed by atoms with Gasteiger partial charge in [0.1, 0.15) is 18.1 Å². The van der Waals surface area contributed by atoms with E-state index in [2.05, 4.69) is 15.3 Å². The predicted molar refractivity (Wildman–Crippen MR) is 55.7 cm³/mol. The quantitative estimate of drug-likeness (QED) is 0.452. The van der Waals surface area contributed by atoms with Gasteiger partial charge < -0.3 is 10.4 Å². The maximum atomic E-state index is 10.4. The Morgan fingerprint density at radius 2 is 1.94 bits per heavy atom. The van der Waals surface area contributed by atoms with E-state index in [9.17, 15) is 15.2 Å². The molecular formula is C9H12N4O3. The summed E-state index contributed by atoms with van der Waals surface area (Å²) in [5.74, 6) is 0.218. The first-order valence-electron chi connectivity index (χ1n) is 5.06. The van der Waals surface area contributed by atoms with Gasteiger partial charge in [-0.25, -0.2) is 9.97 Å². The summed E-state index contributed by atoms with van der Waals surface area (Å²) >= 11 is 0. The summed E-state index contributed by atoms with van der Waals surface area (Å²) in [5, 5.41) is 23.2. The molecule has 1 aliphatic carbocycles. The van der Waals surface area contributed by atoms with Crippen molar-refractivity contribution in [3.8, 4) is 0 Å². The lowest BCUT2D eigenvalue weighted by molar-refractivity contribution is -0.385. The molecule has 0 bridgehead atoms. The second kappa shape index (κ2) is 4.01. The Labute approximate surface area is 91.7 Å². The van der Waals surface area contributed by atoms with Gasteiger partial charge >= 0.3 is 5.69 Å². The Morgan fingerprint density at radius 3 is 2.44 bits per heavy atom. The Hall–Kier alpha value is -1.76. The first-order valence-corrected chi connectivity index (χ1v) is 5.06. The van der Waals surface area contributed by atoms with E-state index >= 15 is 0 Å².